The molecule has 2 aromatic rings. The summed E-state index contributed by atoms with van der Waals surface area (Å²) in [6.45, 7) is 0. The van der Waals surface area contributed by atoms with Crippen molar-refractivity contribution in [2.45, 2.75) is 0 Å². The maximum Gasteiger partial charge on any atom is 0.273 e. The second kappa shape index (κ2) is 5.21. The fraction of sp³-hybridized carbons (Fsp3) is 0.0833. The molecule has 1 heterocycles. The molecule has 19 heavy (non-hydrogen) atoms. The Morgan fingerprint density at radius 1 is 1.26 bits per heavy atom. The molecule has 7 nitrogen and oxygen atoms in total. The first kappa shape index (κ1) is 12.6. The quantitative estimate of drug-likeness (QED) is 0.669. The van der Waals surface area contributed by atoms with Crippen molar-refractivity contribution in [1.29, 1.82) is 0 Å². The molecule has 7 heteroatoms. The van der Waals surface area contributed by atoms with Gasteiger partial charge in [-0.15, -0.1) is 0 Å². The SMILES string of the molecule is COc1ccc([N+](=O)[O-])cc1Oc1cncc(N)c1. The molecule has 0 aliphatic rings. The maximum absolute atomic E-state index is 10.7. The number of ether oxygens (including phenoxy) is 2. The third-order valence-electron chi connectivity index (χ3n) is 2.32. The smallest absolute Gasteiger partial charge is 0.273 e. The molecule has 0 saturated heterocycles. The van der Waals surface area contributed by atoms with Gasteiger partial charge in [0.05, 0.1) is 36.2 Å². The van der Waals surface area contributed by atoms with E-state index in [1.165, 1.54) is 37.7 Å². The summed E-state index contributed by atoms with van der Waals surface area (Å²) in [5.74, 6) is 0.982. The molecule has 2 rings (SSSR count). The van der Waals surface area contributed by atoms with Crippen LogP contribution in [0.1, 0.15) is 0 Å². The molecule has 0 aliphatic carbocycles. The number of pyridine rings is 1. The van der Waals surface area contributed by atoms with Gasteiger partial charge < -0.3 is 15.2 Å². The van der Waals surface area contributed by atoms with Gasteiger partial charge >= 0.3 is 0 Å². The summed E-state index contributed by atoms with van der Waals surface area (Å²) < 4.78 is 10.6. The van der Waals surface area contributed by atoms with Gasteiger partial charge in [-0.3, -0.25) is 15.1 Å². The highest BCUT2D eigenvalue weighted by Crippen LogP contribution is 2.34. The summed E-state index contributed by atoms with van der Waals surface area (Å²) in [6.07, 6.45) is 2.92. The molecule has 0 saturated carbocycles. The molecule has 0 amide bonds. The van der Waals surface area contributed by atoms with E-state index in [4.69, 9.17) is 15.2 Å². The molecule has 0 bridgehead atoms. The van der Waals surface area contributed by atoms with Crippen LogP contribution in [0.3, 0.4) is 0 Å². The van der Waals surface area contributed by atoms with Gasteiger partial charge in [0.15, 0.2) is 11.5 Å². The number of anilines is 1. The van der Waals surface area contributed by atoms with Crippen molar-refractivity contribution in [3.05, 3.63) is 46.8 Å². The number of rotatable bonds is 4. The van der Waals surface area contributed by atoms with Gasteiger partial charge in [-0.1, -0.05) is 0 Å². The van der Waals surface area contributed by atoms with Crippen LogP contribution in [0.25, 0.3) is 0 Å². The Morgan fingerprint density at radius 2 is 2.05 bits per heavy atom. The van der Waals surface area contributed by atoms with Crippen LogP contribution in [0.15, 0.2) is 36.7 Å². The molecule has 0 radical (unpaired) electrons. The summed E-state index contributed by atoms with van der Waals surface area (Å²) in [6, 6.07) is 5.64. The molecular formula is C12H11N3O4. The van der Waals surface area contributed by atoms with Crippen LogP contribution in [0.2, 0.25) is 0 Å². The van der Waals surface area contributed by atoms with Crippen LogP contribution in [0, 0.1) is 10.1 Å². The lowest BCUT2D eigenvalue weighted by Crippen LogP contribution is -1.94. The number of methoxy groups -OCH3 is 1. The molecule has 98 valence electrons. The normalized spacial score (nSPS) is 9.95. The molecule has 2 N–H and O–H groups in total. The fourth-order valence-corrected chi connectivity index (χ4v) is 1.48. The summed E-state index contributed by atoms with van der Waals surface area (Å²) in [4.78, 5) is 14.1. The minimum Gasteiger partial charge on any atom is -0.493 e. The topological polar surface area (TPSA) is 101 Å². The van der Waals surface area contributed by atoms with E-state index in [2.05, 4.69) is 4.98 Å². The highest BCUT2D eigenvalue weighted by molar-refractivity contribution is 5.51. The third-order valence-corrected chi connectivity index (χ3v) is 2.32. The van der Waals surface area contributed by atoms with Crippen molar-refractivity contribution in [1.82, 2.24) is 4.98 Å². The van der Waals surface area contributed by atoms with Gasteiger partial charge in [-0.2, -0.15) is 0 Å². The van der Waals surface area contributed by atoms with E-state index >= 15 is 0 Å². The van der Waals surface area contributed by atoms with Gasteiger partial charge in [0, 0.05) is 12.1 Å². The Hall–Kier alpha value is -2.83. The summed E-state index contributed by atoms with van der Waals surface area (Å²) >= 11 is 0. The Morgan fingerprint density at radius 3 is 2.68 bits per heavy atom. The third kappa shape index (κ3) is 2.89. The van der Waals surface area contributed by atoms with Gasteiger partial charge in [0.2, 0.25) is 0 Å². The molecule has 1 aromatic heterocycles. The van der Waals surface area contributed by atoms with Crippen LogP contribution < -0.4 is 15.2 Å². The first-order chi connectivity index (χ1) is 9.10. The van der Waals surface area contributed by atoms with Gasteiger partial charge in [-0.05, 0) is 6.07 Å². The molecule has 0 atom stereocenters. The van der Waals surface area contributed by atoms with E-state index in [1.54, 1.807) is 6.07 Å². The van der Waals surface area contributed by atoms with Crippen molar-refractivity contribution in [3.63, 3.8) is 0 Å². The summed E-state index contributed by atoms with van der Waals surface area (Å²) in [7, 11) is 1.45. The number of non-ortho nitro benzene ring substituents is 1. The minimum atomic E-state index is -0.510. The lowest BCUT2D eigenvalue weighted by Gasteiger charge is -2.09. The van der Waals surface area contributed by atoms with E-state index < -0.39 is 4.92 Å². The van der Waals surface area contributed by atoms with E-state index in [0.717, 1.165) is 0 Å². The van der Waals surface area contributed by atoms with Gasteiger partial charge in [-0.25, -0.2) is 0 Å². The van der Waals surface area contributed by atoms with Crippen LogP contribution in [0.5, 0.6) is 17.2 Å². The molecule has 0 fully saturated rings. The van der Waals surface area contributed by atoms with E-state index in [-0.39, 0.29) is 11.4 Å². The predicted octanol–water partition coefficient (Wildman–Crippen LogP) is 2.37. The zero-order valence-electron chi connectivity index (χ0n) is 10.1. The zero-order valence-corrected chi connectivity index (χ0v) is 10.1. The number of hydrogen-bond acceptors (Lipinski definition) is 6. The summed E-state index contributed by atoms with van der Waals surface area (Å²) in [5.41, 5.74) is 5.92. The average Bonchev–Trinajstić information content (AvgIpc) is 2.38. The van der Waals surface area contributed by atoms with E-state index in [9.17, 15) is 10.1 Å². The first-order valence-corrected chi connectivity index (χ1v) is 5.31. The lowest BCUT2D eigenvalue weighted by molar-refractivity contribution is -0.384. The number of benzene rings is 1. The number of nitrogens with zero attached hydrogens (tertiary/aromatic N) is 2. The van der Waals surface area contributed by atoms with Gasteiger partial charge in [0.25, 0.3) is 5.69 Å². The Kier molecular flexibility index (Phi) is 3.46. The van der Waals surface area contributed by atoms with Crippen molar-refractivity contribution >= 4 is 11.4 Å². The summed E-state index contributed by atoms with van der Waals surface area (Å²) in [5, 5.41) is 10.7. The number of nitro benzene ring substituents is 1. The Balaban J connectivity index is 2.37. The van der Waals surface area contributed by atoms with E-state index in [1.807, 2.05) is 0 Å². The van der Waals surface area contributed by atoms with Crippen molar-refractivity contribution in [2.75, 3.05) is 12.8 Å². The monoisotopic (exact) mass is 261 g/mol. The van der Waals surface area contributed by atoms with Crippen molar-refractivity contribution in [2.24, 2.45) is 0 Å². The number of nitrogen functional groups attached to an aromatic ring is 1. The molecule has 0 unspecified atom stereocenters. The highest BCUT2D eigenvalue weighted by Gasteiger charge is 2.13. The minimum absolute atomic E-state index is 0.0901. The fourth-order valence-electron chi connectivity index (χ4n) is 1.48. The molecule has 0 spiro atoms. The van der Waals surface area contributed by atoms with Crippen LogP contribution in [-0.4, -0.2) is 17.0 Å². The number of aromatic nitrogens is 1. The van der Waals surface area contributed by atoms with Crippen molar-refractivity contribution in [3.8, 4) is 17.2 Å². The lowest BCUT2D eigenvalue weighted by atomic mass is 10.3. The van der Waals surface area contributed by atoms with Crippen molar-refractivity contribution < 1.29 is 14.4 Å². The number of nitro groups is 1. The Labute approximate surface area is 108 Å². The second-order valence-electron chi connectivity index (χ2n) is 3.65. The van der Waals surface area contributed by atoms with Crippen LogP contribution in [0.4, 0.5) is 11.4 Å². The molecule has 1 aromatic carbocycles. The molecular weight excluding hydrogens is 250 g/mol. The number of hydrogen-bond donors (Lipinski definition) is 1. The predicted molar refractivity (Wildman–Crippen MR) is 68.4 cm³/mol. The Bertz CT molecular complexity index is 616. The van der Waals surface area contributed by atoms with Gasteiger partial charge in [0.1, 0.15) is 5.75 Å². The second-order valence-corrected chi connectivity index (χ2v) is 3.65. The zero-order chi connectivity index (χ0) is 13.8. The maximum atomic E-state index is 10.7. The average molecular weight is 261 g/mol. The van der Waals surface area contributed by atoms with Crippen LogP contribution in [-0.2, 0) is 0 Å². The highest BCUT2D eigenvalue weighted by atomic mass is 16.6. The van der Waals surface area contributed by atoms with E-state index in [0.29, 0.717) is 17.2 Å². The largest absolute Gasteiger partial charge is 0.493 e. The molecule has 0 aliphatic heterocycles. The number of nitrogens with two attached hydrogens (primary N) is 1. The first-order valence-electron chi connectivity index (χ1n) is 5.31. The van der Waals surface area contributed by atoms with Crippen LogP contribution >= 0.6 is 0 Å². The standard InChI is InChI=1S/C12H11N3O4/c1-18-11-3-2-9(15(16)17)5-12(11)19-10-4-8(13)6-14-7-10/h2-7H,13H2,1H3.